The van der Waals surface area contributed by atoms with E-state index < -0.39 is 0 Å². The number of rotatable bonds is 3. The topological polar surface area (TPSA) is 74.8 Å². The van der Waals surface area contributed by atoms with Gasteiger partial charge in [-0.15, -0.1) is 0 Å². The first kappa shape index (κ1) is 18.7. The van der Waals surface area contributed by atoms with Gasteiger partial charge in [0.2, 0.25) is 0 Å². The molecule has 0 atom stereocenters. The van der Waals surface area contributed by atoms with E-state index in [2.05, 4.69) is 10.3 Å². The molecule has 1 aromatic heterocycles. The van der Waals surface area contributed by atoms with Crippen molar-refractivity contribution >= 4 is 57.8 Å². The van der Waals surface area contributed by atoms with E-state index >= 15 is 0 Å². The molecule has 1 saturated heterocycles. The fourth-order valence-corrected chi connectivity index (χ4v) is 3.71. The molecule has 0 unspecified atom stereocenters. The average Bonchev–Trinajstić information content (AvgIpc) is 3.24. The van der Waals surface area contributed by atoms with Crippen LogP contribution in [0.25, 0.3) is 17.4 Å². The molecule has 0 aliphatic carbocycles. The van der Waals surface area contributed by atoms with Crippen LogP contribution in [0.1, 0.15) is 5.76 Å². The number of nitrogens with one attached hydrogen (secondary N) is 1. The second-order valence-electron chi connectivity index (χ2n) is 5.81. The van der Waals surface area contributed by atoms with Gasteiger partial charge in [0.25, 0.3) is 5.24 Å². The van der Waals surface area contributed by atoms with Crippen molar-refractivity contribution in [3.8, 4) is 17.1 Å². The summed E-state index contributed by atoms with van der Waals surface area (Å²) in [5.41, 5.74) is 1.20. The Kier molecular flexibility index (Phi) is 5.17. The number of hydrogen-bond acceptors (Lipinski definition) is 5. The lowest BCUT2D eigenvalue weighted by molar-refractivity contribution is 0.265. The number of carbonyl (C=O) groups is 1. The lowest BCUT2D eigenvalue weighted by Gasteiger charge is -2.02. The number of halogens is 2. The van der Waals surface area contributed by atoms with Gasteiger partial charge in [-0.3, -0.25) is 4.79 Å². The molecule has 4 rings (SSSR count). The fraction of sp³-hybridized carbons (Fsp3) is 0. The van der Waals surface area contributed by atoms with E-state index in [4.69, 9.17) is 27.6 Å². The summed E-state index contributed by atoms with van der Waals surface area (Å²) >= 11 is 13.3. The van der Waals surface area contributed by atoms with Crippen LogP contribution in [0.15, 0.2) is 68.9 Å². The molecule has 2 N–H and O–H groups in total. The Bertz CT molecular complexity index is 1140. The maximum Gasteiger partial charge on any atom is 0.289 e. The van der Waals surface area contributed by atoms with Crippen LogP contribution >= 0.6 is 35.0 Å². The molecule has 140 valence electrons. The number of hydrogen-bond donors (Lipinski definition) is 2. The van der Waals surface area contributed by atoms with E-state index in [1.165, 1.54) is 6.07 Å². The molecule has 1 aliphatic heterocycles. The number of benzene rings is 2. The van der Waals surface area contributed by atoms with Gasteiger partial charge in [-0.25, -0.2) is 4.99 Å². The third-order valence-electron chi connectivity index (χ3n) is 3.84. The molecule has 0 spiro atoms. The van der Waals surface area contributed by atoms with Crippen molar-refractivity contribution < 1.29 is 14.3 Å². The maximum absolute atomic E-state index is 11.8. The van der Waals surface area contributed by atoms with Crippen LogP contribution in [-0.2, 0) is 0 Å². The predicted octanol–water partition coefficient (Wildman–Crippen LogP) is 6.49. The van der Waals surface area contributed by atoms with E-state index in [-0.39, 0.29) is 11.0 Å². The number of thioether (sulfide) groups is 1. The van der Waals surface area contributed by atoms with E-state index in [9.17, 15) is 9.90 Å². The van der Waals surface area contributed by atoms with Crippen molar-refractivity contribution in [2.75, 3.05) is 0 Å². The zero-order chi connectivity index (χ0) is 19.7. The van der Waals surface area contributed by atoms with Gasteiger partial charge in [-0.05, 0) is 54.2 Å². The molecule has 3 aromatic rings. The maximum atomic E-state index is 11.8. The number of phenols is 1. The molecular formula is C20H12Cl2N2O3S. The number of furan rings is 1. The number of nitrogens with zero attached hydrogens (tertiary/aromatic N) is 1. The second kappa shape index (κ2) is 7.75. The van der Waals surface area contributed by atoms with Crippen molar-refractivity contribution in [3.05, 3.63) is 75.3 Å². The summed E-state index contributed by atoms with van der Waals surface area (Å²) in [5.74, 6) is 1.58. The van der Waals surface area contributed by atoms with Gasteiger partial charge in [0.1, 0.15) is 23.1 Å². The Morgan fingerprint density at radius 3 is 2.75 bits per heavy atom. The summed E-state index contributed by atoms with van der Waals surface area (Å²) < 4.78 is 5.85. The molecule has 1 amide bonds. The third kappa shape index (κ3) is 3.94. The number of phenolic OH excluding ortho intramolecular Hbond substituents is 1. The van der Waals surface area contributed by atoms with Crippen molar-refractivity contribution in [2.45, 2.75) is 0 Å². The summed E-state index contributed by atoms with van der Waals surface area (Å²) in [6.07, 6.45) is 1.71. The molecule has 0 bridgehead atoms. The van der Waals surface area contributed by atoms with Gasteiger partial charge in [0, 0.05) is 11.6 Å². The molecule has 1 aliphatic rings. The largest absolute Gasteiger partial charge is 0.508 e. The van der Waals surface area contributed by atoms with E-state index in [1.54, 1.807) is 48.5 Å². The van der Waals surface area contributed by atoms with Gasteiger partial charge in [-0.2, -0.15) is 0 Å². The third-order valence-corrected chi connectivity index (χ3v) is 5.48. The quantitative estimate of drug-likeness (QED) is 0.497. The number of carbonyl (C=O) groups excluding carboxylic acids is 1. The summed E-state index contributed by atoms with van der Waals surface area (Å²) in [6, 6.07) is 15.3. The molecule has 2 aromatic carbocycles. The van der Waals surface area contributed by atoms with E-state index in [1.807, 2.05) is 6.07 Å². The first-order valence-corrected chi connectivity index (χ1v) is 9.70. The van der Waals surface area contributed by atoms with Crippen LogP contribution in [0, 0.1) is 0 Å². The molecular weight excluding hydrogens is 419 g/mol. The van der Waals surface area contributed by atoms with Gasteiger partial charge in [0.05, 0.1) is 20.6 Å². The number of amidine groups is 1. The SMILES string of the molecule is O=C1NC(=Nc2cccc(O)c2)C(=Cc2ccc(-c3cccc(Cl)c3Cl)o2)S1. The predicted molar refractivity (Wildman–Crippen MR) is 113 cm³/mol. The van der Waals surface area contributed by atoms with Crippen molar-refractivity contribution in [1.82, 2.24) is 5.32 Å². The Morgan fingerprint density at radius 1 is 1.11 bits per heavy atom. The zero-order valence-electron chi connectivity index (χ0n) is 14.1. The summed E-state index contributed by atoms with van der Waals surface area (Å²) in [7, 11) is 0. The highest BCUT2D eigenvalue weighted by Gasteiger charge is 2.24. The molecule has 0 radical (unpaired) electrons. The number of aliphatic imine (C=N–C) groups is 1. The van der Waals surface area contributed by atoms with Crippen LogP contribution in [-0.4, -0.2) is 16.2 Å². The van der Waals surface area contributed by atoms with Gasteiger partial charge in [-0.1, -0.05) is 35.3 Å². The smallest absolute Gasteiger partial charge is 0.289 e. The first-order valence-electron chi connectivity index (χ1n) is 8.12. The van der Waals surface area contributed by atoms with Crippen LogP contribution in [0.5, 0.6) is 5.75 Å². The number of amides is 1. The standard InChI is InChI=1S/C20H12Cl2N2O3S/c21-15-6-2-5-14(18(15)22)16-8-7-13(27-16)10-17-19(24-20(26)28-17)23-11-3-1-4-12(25)9-11/h1-10,25H,(H,23,24,26). The minimum atomic E-state index is -0.241. The molecule has 8 heteroatoms. The summed E-state index contributed by atoms with van der Waals surface area (Å²) in [5, 5.41) is 12.9. The van der Waals surface area contributed by atoms with Crippen LogP contribution in [0.2, 0.25) is 10.0 Å². The minimum Gasteiger partial charge on any atom is -0.508 e. The molecule has 5 nitrogen and oxygen atoms in total. The Hall–Kier alpha value is -2.67. The summed E-state index contributed by atoms with van der Waals surface area (Å²) in [6.45, 7) is 0. The molecule has 2 heterocycles. The lowest BCUT2D eigenvalue weighted by atomic mass is 10.2. The van der Waals surface area contributed by atoms with Crippen LogP contribution in [0.3, 0.4) is 0 Å². The van der Waals surface area contributed by atoms with Gasteiger partial charge in [0.15, 0.2) is 0 Å². The fourth-order valence-electron chi connectivity index (χ4n) is 2.60. The second-order valence-corrected chi connectivity index (χ2v) is 7.61. The average molecular weight is 431 g/mol. The lowest BCUT2D eigenvalue weighted by Crippen LogP contribution is -2.18. The highest BCUT2D eigenvalue weighted by atomic mass is 35.5. The van der Waals surface area contributed by atoms with Crippen LogP contribution in [0.4, 0.5) is 10.5 Å². The Morgan fingerprint density at radius 2 is 1.93 bits per heavy atom. The normalized spacial score (nSPS) is 16.7. The van der Waals surface area contributed by atoms with Crippen molar-refractivity contribution in [1.29, 1.82) is 0 Å². The highest BCUT2D eigenvalue weighted by Crippen LogP contribution is 2.35. The molecule has 0 saturated carbocycles. The number of aromatic hydroxyl groups is 1. The van der Waals surface area contributed by atoms with Crippen molar-refractivity contribution in [2.24, 2.45) is 4.99 Å². The zero-order valence-corrected chi connectivity index (χ0v) is 16.5. The first-order chi connectivity index (χ1) is 13.5. The van der Waals surface area contributed by atoms with E-state index in [0.29, 0.717) is 43.6 Å². The van der Waals surface area contributed by atoms with Crippen LogP contribution < -0.4 is 5.32 Å². The monoisotopic (exact) mass is 430 g/mol. The van der Waals surface area contributed by atoms with E-state index in [0.717, 1.165) is 11.8 Å². The highest BCUT2D eigenvalue weighted by molar-refractivity contribution is 8.18. The summed E-state index contributed by atoms with van der Waals surface area (Å²) in [4.78, 5) is 16.8. The molecule has 1 fully saturated rings. The Balaban J connectivity index is 1.67. The van der Waals surface area contributed by atoms with Crippen molar-refractivity contribution in [3.63, 3.8) is 0 Å². The Labute approximate surface area is 174 Å². The minimum absolute atomic E-state index is 0.0958. The molecule has 28 heavy (non-hydrogen) atoms. The van der Waals surface area contributed by atoms with Gasteiger partial charge < -0.3 is 14.8 Å². The van der Waals surface area contributed by atoms with Gasteiger partial charge >= 0.3 is 0 Å².